The van der Waals surface area contributed by atoms with Gasteiger partial charge in [-0.15, -0.1) is 0 Å². The number of sulfonamides is 1. The number of carbonyl (C=O) groups excluding carboxylic acids is 1. The van der Waals surface area contributed by atoms with Gasteiger partial charge in [0.25, 0.3) is 15.9 Å². The molecule has 11 heteroatoms. The largest absolute Gasteiger partial charge is 0.492 e. The Balaban J connectivity index is 1.22. The molecule has 1 amide bonds. The molecule has 3 N–H and O–H groups in total. The van der Waals surface area contributed by atoms with Crippen LogP contribution < -0.4 is 14.8 Å². The number of rotatable bonds is 8. The molecule has 6 rings (SSSR count). The van der Waals surface area contributed by atoms with Crippen LogP contribution in [0.2, 0.25) is 5.02 Å². The Morgan fingerprint density at radius 2 is 1.90 bits per heavy atom. The second kappa shape index (κ2) is 11.0. The third-order valence-corrected chi connectivity index (χ3v) is 8.47. The minimum atomic E-state index is -3.91. The summed E-state index contributed by atoms with van der Waals surface area (Å²) < 4.78 is 40.0. The third kappa shape index (κ3) is 5.71. The van der Waals surface area contributed by atoms with E-state index in [1.165, 1.54) is 18.2 Å². The van der Waals surface area contributed by atoms with Gasteiger partial charge in [0.05, 0.1) is 29.4 Å². The molecule has 0 spiro atoms. The predicted octanol–water partition coefficient (Wildman–Crippen LogP) is 4.83. The van der Waals surface area contributed by atoms with Gasteiger partial charge in [-0.05, 0) is 66.7 Å². The van der Waals surface area contributed by atoms with E-state index < -0.39 is 10.0 Å². The molecule has 0 unspecified atom stereocenters. The number of morpholine rings is 1. The number of amides is 1. The fourth-order valence-electron chi connectivity index (χ4n) is 4.82. The Labute approximate surface area is 236 Å². The highest BCUT2D eigenvalue weighted by Crippen LogP contribution is 2.36. The molecule has 1 fully saturated rings. The lowest BCUT2D eigenvalue weighted by Gasteiger charge is -2.26. The number of aromatic nitrogens is 1. The van der Waals surface area contributed by atoms with Crippen molar-refractivity contribution in [3.05, 3.63) is 83.0 Å². The lowest BCUT2D eigenvalue weighted by atomic mass is 10.1. The molecule has 206 valence electrons. The van der Waals surface area contributed by atoms with E-state index in [9.17, 15) is 13.2 Å². The van der Waals surface area contributed by atoms with Crippen molar-refractivity contribution in [3.8, 4) is 5.75 Å². The highest BCUT2D eigenvalue weighted by atomic mass is 35.5. The number of nitrogens with zero attached hydrogens (tertiary/aromatic N) is 1. The van der Waals surface area contributed by atoms with Crippen LogP contribution in [0.4, 0.5) is 11.4 Å². The van der Waals surface area contributed by atoms with Crippen LogP contribution in [-0.4, -0.2) is 63.7 Å². The van der Waals surface area contributed by atoms with Gasteiger partial charge >= 0.3 is 0 Å². The van der Waals surface area contributed by atoms with E-state index in [2.05, 4.69) is 19.9 Å². The van der Waals surface area contributed by atoms with Crippen molar-refractivity contribution in [2.24, 2.45) is 0 Å². The van der Waals surface area contributed by atoms with Gasteiger partial charge in [-0.3, -0.25) is 14.4 Å². The highest BCUT2D eigenvalue weighted by molar-refractivity contribution is 7.92. The van der Waals surface area contributed by atoms with Crippen molar-refractivity contribution in [1.29, 1.82) is 0 Å². The number of hydrogen-bond acceptors (Lipinski definition) is 6. The van der Waals surface area contributed by atoms with E-state index in [0.29, 0.717) is 39.8 Å². The molecule has 1 aromatic heterocycles. The quantitative estimate of drug-likeness (QED) is 0.258. The summed E-state index contributed by atoms with van der Waals surface area (Å²) in [6.07, 6.45) is 1.72. The summed E-state index contributed by atoms with van der Waals surface area (Å²) in [6.45, 7) is 4.77. The van der Waals surface area contributed by atoms with Crippen LogP contribution in [0.1, 0.15) is 11.3 Å². The number of ether oxygens (including phenoxy) is 2. The summed E-state index contributed by atoms with van der Waals surface area (Å²) >= 11 is 5.99. The van der Waals surface area contributed by atoms with Crippen LogP contribution in [0.3, 0.4) is 0 Å². The molecule has 0 saturated carbocycles. The topological polar surface area (TPSA) is 113 Å². The van der Waals surface area contributed by atoms with E-state index >= 15 is 0 Å². The number of benzene rings is 3. The Hall–Kier alpha value is -3.83. The van der Waals surface area contributed by atoms with E-state index in [0.717, 1.165) is 49.5 Å². The molecule has 0 aliphatic carbocycles. The van der Waals surface area contributed by atoms with Crippen molar-refractivity contribution in [3.63, 3.8) is 0 Å². The highest BCUT2D eigenvalue weighted by Gasteiger charge is 2.27. The first-order valence-corrected chi connectivity index (χ1v) is 14.7. The fourth-order valence-corrected chi connectivity index (χ4v) is 6.08. The molecule has 2 aliphatic heterocycles. The molecular formula is C29H27ClN4O5S. The van der Waals surface area contributed by atoms with Gasteiger partial charge < -0.3 is 19.8 Å². The number of anilines is 2. The van der Waals surface area contributed by atoms with Gasteiger partial charge in [-0.1, -0.05) is 17.7 Å². The standard InChI is InChI=1S/C29H27ClN4O5S/c30-20-2-1-3-21(16-20)33-40(36,37)24-5-7-28-25(18-24)26(29(35)32-28)17-22-14-19-15-23(4-6-27(19)31-22)39-13-10-34-8-11-38-12-9-34/h1-7,14-18,31,33H,8-13H2,(H,32,35). The number of nitrogens with one attached hydrogen (secondary N) is 3. The first-order chi connectivity index (χ1) is 19.3. The van der Waals surface area contributed by atoms with Crippen LogP contribution in [0.5, 0.6) is 5.75 Å². The third-order valence-electron chi connectivity index (χ3n) is 6.85. The Bertz CT molecular complexity index is 1730. The number of H-pyrrole nitrogens is 1. The molecule has 2 aliphatic rings. The zero-order valence-corrected chi connectivity index (χ0v) is 23.0. The number of aromatic amines is 1. The molecule has 4 aromatic rings. The van der Waals surface area contributed by atoms with Crippen LogP contribution in [0.15, 0.2) is 71.6 Å². The Morgan fingerprint density at radius 1 is 1.05 bits per heavy atom. The van der Waals surface area contributed by atoms with Crippen LogP contribution in [0, 0.1) is 0 Å². The van der Waals surface area contributed by atoms with Gasteiger partial charge in [0.1, 0.15) is 12.4 Å². The molecule has 40 heavy (non-hydrogen) atoms. The van der Waals surface area contributed by atoms with Gasteiger partial charge in [0, 0.05) is 52.5 Å². The van der Waals surface area contributed by atoms with Crippen molar-refractivity contribution in [2.45, 2.75) is 4.90 Å². The number of halogens is 1. The van der Waals surface area contributed by atoms with Crippen molar-refractivity contribution in [1.82, 2.24) is 9.88 Å². The van der Waals surface area contributed by atoms with Gasteiger partial charge in [0.2, 0.25) is 0 Å². The first-order valence-electron chi connectivity index (χ1n) is 12.9. The average Bonchev–Trinajstić information content (AvgIpc) is 3.48. The molecule has 1 saturated heterocycles. The van der Waals surface area contributed by atoms with Crippen LogP contribution in [-0.2, 0) is 19.6 Å². The van der Waals surface area contributed by atoms with E-state index in [4.69, 9.17) is 21.1 Å². The monoisotopic (exact) mass is 578 g/mol. The maximum atomic E-state index is 13.1. The minimum Gasteiger partial charge on any atom is -0.492 e. The number of hydrogen-bond donors (Lipinski definition) is 3. The van der Waals surface area contributed by atoms with Crippen LogP contribution >= 0.6 is 11.6 Å². The zero-order chi connectivity index (χ0) is 27.7. The summed E-state index contributed by atoms with van der Waals surface area (Å²) in [5, 5.41) is 4.17. The molecular weight excluding hydrogens is 552 g/mol. The molecule has 0 atom stereocenters. The number of carbonyl (C=O) groups is 1. The molecule has 3 aromatic carbocycles. The summed E-state index contributed by atoms with van der Waals surface area (Å²) in [4.78, 5) is 18.5. The van der Waals surface area contributed by atoms with Crippen molar-refractivity contribution in [2.75, 3.05) is 49.5 Å². The number of fused-ring (bicyclic) bond motifs is 2. The van der Waals surface area contributed by atoms with Crippen LogP contribution in [0.25, 0.3) is 22.6 Å². The van der Waals surface area contributed by atoms with E-state index in [-0.39, 0.29) is 10.8 Å². The van der Waals surface area contributed by atoms with Gasteiger partial charge in [0.15, 0.2) is 0 Å². The van der Waals surface area contributed by atoms with Crippen molar-refractivity contribution >= 4 is 61.5 Å². The summed E-state index contributed by atoms with van der Waals surface area (Å²) in [6, 6.07) is 18.8. The first kappa shape index (κ1) is 26.4. The summed E-state index contributed by atoms with van der Waals surface area (Å²) in [7, 11) is -3.91. The maximum absolute atomic E-state index is 13.1. The SMILES string of the molecule is O=C1Nc2ccc(S(=O)(=O)Nc3cccc(Cl)c3)cc2C1=Cc1cc2cc(OCCN3CCOCC3)ccc2[nH]1. The smallest absolute Gasteiger partial charge is 0.261 e. The summed E-state index contributed by atoms with van der Waals surface area (Å²) in [5.41, 5.74) is 3.37. The molecule has 3 heterocycles. The lowest BCUT2D eigenvalue weighted by Crippen LogP contribution is -2.38. The Morgan fingerprint density at radius 3 is 2.73 bits per heavy atom. The summed E-state index contributed by atoms with van der Waals surface area (Å²) in [5.74, 6) is 0.461. The normalized spacial score (nSPS) is 16.7. The molecule has 0 radical (unpaired) electrons. The molecule has 9 nitrogen and oxygen atoms in total. The second-order valence-electron chi connectivity index (χ2n) is 9.61. The fraction of sp³-hybridized carbons (Fsp3) is 0.207. The van der Waals surface area contributed by atoms with Crippen molar-refractivity contribution < 1.29 is 22.7 Å². The Kier molecular flexibility index (Phi) is 7.24. The van der Waals surface area contributed by atoms with Gasteiger partial charge in [-0.2, -0.15) is 0 Å². The lowest BCUT2D eigenvalue weighted by molar-refractivity contribution is -0.110. The van der Waals surface area contributed by atoms with E-state index in [1.807, 2.05) is 24.3 Å². The molecule has 0 bridgehead atoms. The minimum absolute atomic E-state index is 0.0316. The predicted molar refractivity (Wildman–Crippen MR) is 156 cm³/mol. The van der Waals surface area contributed by atoms with E-state index in [1.54, 1.807) is 30.3 Å². The zero-order valence-electron chi connectivity index (χ0n) is 21.4. The van der Waals surface area contributed by atoms with Gasteiger partial charge in [-0.25, -0.2) is 8.42 Å². The second-order valence-corrected chi connectivity index (χ2v) is 11.7. The maximum Gasteiger partial charge on any atom is 0.261 e. The average molecular weight is 579 g/mol.